The minimum absolute atomic E-state index is 0. The number of benzene rings is 1. The van der Waals surface area contributed by atoms with Crippen LogP contribution >= 0.6 is 12.4 Å². The van der Waals surface area contributed by atoms with Crippen LogP contribution < -0.4 is 15.2 Å². The number of ether oxygens (including phenoxy) is 2. The summed E-state index contributed by atoms with van der Waals surface area (Å²) in [6, 6.07) is 7.36. The summed E-state index contributed by atoms with van der Waals surface area (Å²) >= 11 is 0. The molecule has 0 spiro atoms. The van der Waals surface area contributed by atoms with Crippen molar-refractivity contribution >= 4 is 18.3 Å². The van der Waals surface area contributed by atoms with Crippen molar-refractivity contribution in [3.8, 4) is 11.5 Å². The van der Waals surface area contributed by atoms with Crippen LogP contribution in [0.15, 0.2) is 24.3 Å². The van der Waals surface area contributed by atoms with Crippen molar-refractivity contribution in [1.82, 2.24) is 4.90 Å². The first kappa shape index (κ1) is 18.6. The third kappa shape index (κ3) is 5.39. The Morgan fingerprint density at radius 2 is 1.91 bits per heavy atom. The van der Waals surface area contributed by atoms with Gasteiger partial charge in [0.15, 0.2) is 6.61 Å². The Bertz CT molecular complexity index is 453. The van der Waals surface area contributed by atoms with Crippen LogP contribution in [0.2, 0.25) is 0 Å². The van der Waals surface area contributed by atoms with E-state index in [0.717, 1.165) is 31.7 Å². The number of carbonyl (C=O) groups excluding carboxylic acids is 1. The highest BCUT2D eigenvalue weighted by molar-refractivity contribution is 5.85. The van der Waals surface area contributed by atoms with Gasteiger partial charge in [-0.3, -0.25) is 4.79 Å². The Labute approximate surface area is 138 Å². The average Bonchev–Trinajstić information content (AvgIpc) is 3.00. The molecule has 1 aliphatic heterocycles. The first-order valence-electron chi connectivity index (χ1n) is 7.56. The lowest BCUT2D eigenvalue weighted by atomic mass is 10.1. The molecular formula is C16H25ClN2O3. The Balaban J connectivity index is 0.00000242. The molecule has 5 nitrogen and oxygen atoms in total. The van der Waals surface area contributed by atoms with E-state index in [-0.39, 0.29) is 24.9 Å². The fourth-order valence-corrected chi connectivity index (χ4v) is 2.34. The van der Waals surface area contributed by atoms with Crippen LogP contribution in [0.5, 0.6) is 11.5 Å². The largest absolute Gasteiger partial charge is 0.494 e. The standard InChI is InChI=1S/C16H24N2O3.ClH/c1-2-9-20-14-3-5-15(6-4-14)21-12-16(19)18-8-7-13(10-17)11-18;/h3-6,13H,2,7-12,17H2,1H3;1H. The molecule has 1 aromatic carbocycles. The smallest absolute Gasteiger partial charge is 0.260 e. The van der Waals surface area contributed by atoms with E-state index in [1.807, 2.05) is 29.2 Å². The molecular weight excluding hydrogens is 304 g/mol. The maximum atomic E-state index is 12.0. The van der Waals surface area contributed by atoms with Crippen molar-refractivity contribution in [3.05, 3.63) is 24.3 Å². The molecule has 1 unspecified atom stereocenters. The molecule has 0 bridgehead atoms. The first-order valence-corrected chi connectivity index (χ1v) is 7.56. The second kappa shape index (κ2) is 9.54. The monoisotopic (exact) mass is 328 g/mol. The van der Waals surface area contributed by atoms with Crippen molar-refractivity contribution in [2.45, 2.75) is 19.8 Å². The van der Waals surface area contributed by atoms with Crippen molar-refractivity contribution < 1.29 is 14.3 Å². The van der Waals surface area contributed by atoms with Gasteiger partial charge in [0, 0.05) is 13.1 Å². The van der Waals surface area contributed by atoms with Gasteiger partial charge in [0.2, 0.25) is 0 Å². The van der Waals surface area contributed by atoms with Gasteiger partial charge in [-0.25, -0.2) is 0 Å². The lowest BCUT2D eigenvalue weighted by molar-refractivity contribution is -0.132. The Morgan fingerprint density at radius 3 is 2.45 bits per heavy atom. The number of likely N-dealkylation sites (tertiary alicyclic amines) is 1. The van der Waals surface area contributed by atoms with E-state index >= 15 is 0 Å². The van der Waals surface area contributed by atoms with Gasteiger partial charge in [0.05, 0.1) is 6.61 Å². The highest BCUT2D eigenvalue weighted by Crippen LogP contribution is 2.19. The molecule has 1 amide bonds. The van der Waals surface area contributed by atoms with E-state index in [0.29, 0.717) is 24.8 Å². The van der Waals surface area contributed by atoms with Gasteiger partial charge in [0.1, 0.15) is 11.5 Å². The highest BCUT2D eigenvalue weighted by atomic mass is 35.5. The van der Waals surface area contributed by atoms with Gasteiger partial charge in [-0.1, -0.05) is 6.92 Å². The van der Waals surface area contributed by atoms with Gasteiger partial charge in [0.25, 0.3) is 5.91 Å². The fourth-order valence-electron chi connectivity index (χ4n) is 2.34. The normalized spacial score (nSPS) is 17.0. The SMILES string of the molecule is CCCOc1ccc(OCC(=O)N2CCC(CN)C2)cc1.Cl. The minimum atomic E-state index is 0. The second-order valence-corrected chi connectivity index (χ2v) is 5.34. The molecule has 124 valence electrons. The van der Waals surface area contributed by atoms with E-state index in [4.69, 9.17) is 15.2 Å². The number of hydrogen-bond donors (Lipinski definition) is 1. The summed E-state index contributed by atoms with van der Waals surface area (Å²) in [6.45, 7) is 5.03. The highest BCUT2D eigenvalue weighted by Gasteiger charge is 2.25. The number of halogens is 1. The van der Waals surface area contributed by atoms with Gasteiger partial charge in [-0.05, 0) is 49.6 Å². The second-order valence-electron chi connectivity index (χ2n) is 5.34. The molecule has 0 saturated carbocycles. The maximum absolute atomic E-state index is 12.0. The lowest BCUT2D eigenvalue weighted by Gasteiger charge is -2.16. The van der Waals surface area contributed by atoms with E-state index in [1.54, 1.807) is 0 Å². The summed E-state index contributed by atoms with van der Waals surface area (Å²) in [7, 11) is 0. The Kier molecular flexibility index (Phi) is 8.06. The van der Waals surface area contributed by atoms with Gasteiger partial charge >= 0.3 is 0 Å². The van der Waals surface area contributed by atoms with Crippen molar-refractivity contribution in [3.63, 3.8) is 0 Å². The van der Waals surface area contributed by atoms with Crippen LogP contribution in [0.25, 0.3) is 0 Å². The zero-order chi connectivity index (χ0) is 15.1. The third-order valence-electron chi connectivity index (χ3n) is 3.63. The number of nitrogens with two attached hydrogens (primary N) is 1. The number of rotatable bonds is 7. The molecule has 2 N–H and O–H groups in total. The molecule has 0 aliphatic carbocycles. The van der Waals surface area contributed by atoms with E-state index < -0.39 is 0 Å². The number of carbonyl (C=O) groups is 1. The van der Waals surface area contributed by atoms with Crippen LogP contribution in [-0.2, 0) is 4.79 Å². The third-order valence-corrected chi connectivity index (χ3v) is 3.63. The quantitative estimate of drug-likeness (QED) is 0.832. The summed E-state index contributed by atoms with van der Waals surface area (Å²) in [5.41, 5.74) is 5.63. The molecule has 1 saturated heterocycles. The van der Waals surface area contributed by atoms with Crippen molar-refractivity contribution in [2.75, 3.05) is 32.8 Å². The number of nitrogens with zero attached hydrogens (tertiary/aromatic N) is 1. The maximum Gasteiger partial charge on any atom is 0.260 e. The van der Waals surface area contributed by atoms with Crippen LogP contribution in [0.1, 0.15) is 19.8 Å². The van der Waals surface area contributed by atoms with Crippen LogP contribution in [0.4, 0.5) is 0 Å². The zero-order valence-corrected chi connectivity index (χ0v) is 13.8. The summed E-state index contributed by atoms with van der Waals surface area (Å²) in [5, 5.41) is 0. The van der Waals surface area contributed by atoms with Gasteiger partial charge in [-0.15, -0.1) is 12.4 Å². The van der Waals surface area contributed by atoms with Crippen LogP contribution in [0.3, 0.4) is 0 Å². The van der Waals surface area contributed by atoms with E-state index in [1.165, 1.54) is 0 Å². The summed E-state index contributed by atoms with van der Waals surface area (Å²) in [4.78, 5) is 13.9. The Hall–Kier alpha value is -1.46. The topological polar surface area (TPSA) is 64.8 Å². The molecule has 1 aliphatic rings. The first-order chi connectivity index (χ1) is 10.2. The molecule has 1 atom stereocenters. The molecule has 0 radical (unpaired) electrons. The lowest BCUT2D eigenvalue weighted by Crippen LogP contribution is -2.33. The number of hydrogen-bond acceptors (Lipinski definition) is 4. The molecule has 2 rings (SSSR count). The number of amides is 1. The molecule has 1 aromatic rings. The molecule has 1 fully saturated rings. The minimum Gasteiger partial charge on any atom is -0.494 e. The summed E-state index contributed by atoms with van der Waals surface area (Å²) < 4.78 is 11.0. The average molecular weight is 329 g/mol. The fraction of sp³-hybridized carbons (Fsp3) is 0.562. The van der Waals surface area contributed by atoms with E-state index in [2.05, 4.69) is 6.92 Å². The molecule has 0 aromatic heterocycles. The summed E-state index contributed by atoms with van der Waals surface area (Å²) in [5.74, 6) is 1.96. The van der Waals surface area contributed by atoms with Gasteiger partial charge in [-0.2, -0.15) is 0 Å². The van der Waals surface area contributed by atoms with Gasteiger partial charge < -0.3 is 20.1 Å². The predicted molar refractivity (Wildman–Crippen MR) is 88.7 cm³/mol. The molecule has 22 heavy (non-hydrogen) atoms. The molecule has 1 heterocycles. The van der Waals surface area contributed by atoms with Crippen LogP contribution in [0, 0.1) is 5.92 Å². The van der Waals surface area contributed by atoms with Crippen LogP contribution in [-0.4, -0.2) is 43.7 Å². The van der Waals surface area contributed by atoms with Crippen molar-refractivity contribution in [1.29, 1.82) is 0 Å². The Morgan fingerprint density at radius 1 is 1.27 bits per heavy atom. The van der Waals surface area contributed by atoms with E-state index in [9.17, 15) is 4.79 Å². The summed E-state index contributed by atoms with van der Waals surface area (Å²) in [6.07, 6.45) is 1.97. The predicted octanol–water partition coefficient (Wildman–Crippen LogP) is 2.08. The molecule has 6 heteroatoms. The zero-order valence-electron chi connectivity index (χ0n) is 13.0. The van der Waals surface area contributed by atoms with Crippen molar-refractivity contribution in [2.24, 2.45) is 11.7 Å².